The molecule has 384 valence electrons. The zero-order valence-electron chi connectivity index (χ0n) is 41.1. The zero-order valence-corrected chi connectivity index (χ0v) is 43.6. The summed E-state index contributed by atoms with van der Waals surface area (Å²) in [6.45, 7) is 9.57. The summed E-state index contributed by atoms with van der Waals surface area (Å²) in [5.74, 6) is -0.817. The first kappa shape index (κ1) is 50.9. The van der Waals surface area contributed by atoms with Gasteiger partial charge in [-0.25, -0.2) is 53.8 Å². The number of aryl methyl sites for hydroxylation is 4. The highest BCUT2D eigenvalue weighted by Gasteiger charge is 2.44. The van der Waals surface area contributed by atoms with Crippen LogP contribution in [0.25, 0.3) is 0 Å². The van der Waals surface area contributed by atoms with Crippen LogP contribution in [-0.4, -0.2) is 73.8 Å². The average Bonchev–Trinajstić information content (AvgIpc) is 4.16. The molecule has 6 amide bonds. The highest BCUT2D eigenvalue weighted by atomic mass is 32.2. The lowest BCUT2D eigenvalue weighted by Gasteiger charge is -2.28. The van der Waals surface area contributed by atoms with E-state index >= 15 is 0 Å². The maximum absolute atomic E-state index is 14.1. The summed E-state index contributed by atoms with van der Waals surface area (Å²) in [7, 11) is -11.8. The van der Waals surface area contributed by atoms with Crippen molar-refractivity contribution in [3.05, 3.63) is 97.1 Å². The first-order valence-electron chi connectivity index (χ1n) is 25.6. The Labute approximate surface area is 418 Å². The van der Waals surface area contributed by atoms with Crippen molar-refractivity contribution in [3.63, 3.8) is 0 Å². The quantitative estimate of drug-likeness (QED) is 0.0526. The van der Waals surface area contributed by atoms with E-state index in [9.17, 15) is 39.6 Å². The molecule has 0 saturated heterocycles. The largest absolute Gasteiger partial charge is 0.381 e. The maximum atomic E-state index is 14.1. The Bertz CT molecular complexity index is 3030. The molecular formula is C52H68N6O10S3. The SMILES string of the molecule is C=C(C)CCS(=O)(=O)NC(=O)Nc1c2c(cc3c1C(C1CCc4c1cc1c(c4NC(=O)NS(=O)(=O)CCOCC)CCC1)CC3)C(C1CCc3cc4c(c(NC(=O)NS(=O)(=O)CCCC)c31)CCC4)CC2. The van der Waals surface area contributed by atoms with Gasteiger partial charge in [-0.1, -0.05) is 37.1 Å². The van der Waals surface area contributed by atoms with E-state index in [-0.39, 0.29) is 54.0 Å². The molecule has 19 heteroatoms. The highest BCUT2D eigenvalue weighted by molar-refractivity contribution is 7.90. The number of rotatable bonds is 18. The van der Waals surface area contributed by atoms with Gasteiger partial charge in [-0.05, 0) is 207 Å². The monoisotopic (exact) mass is 1030 g/mol. The summed E-state index contributed by atoms with van der Waals surface area (Å²) >= 11 is 0. The Kier molecular flexibility index (Phi) is 14.7. The molecule has 6 aliphatic carbocycles. The number of fused-ring (bicyclic) bond motifs is 6. The lowest BCUT2D eigenvalue weighted by atomic mass is 9.79. The fraction of sp³-hybridized carbons (Fsp3) is 0.558. The van der Waals surface area contributed by atoms with Crippen LogP contribution in [0.4, 0.5) is 31.4 Å². The van der Waals surface area contributed by atoms with Gasteiger partial charge in [-0.3, -0.25) is 0 Å². The van der Waals surface area contributed by atoms with Crippen molar-refractivity contribution in [1.29, 1.82) is 0 Å². The number of carbonyl (C=O) groups excluding carboxylic acids is 3. The van der Waals surface area contributed by atoms with Gasteiger partial charge in [-0.2, -0.15) is 0 Å². The summed E-state index contributed by atoms with van der Waals surface area (Å²) < 4.78 is 89.8. The molecule has 4 unspecified atom stereocenters. The third kappa shape index (κ3) is 10.7. The van der Waals surface area contributed by atoms with E-state index in [0.717, 1.165) is 138 Å². The molecule has 9 rings (SSSR count). The van der Waals surface area contributed by atoms with E-state index in [1.165, 1.54) is 5.56 Å². The molecule has 3 aromatic rings. The summed E-state index contributed by atoms with van der Waals surface area (Å²) in [4.78, 5) is 41.0. The van der Waals surface area contributed by atoms with Crippen molar-refractivity contribution in [2.24, 2.45) is 0 Å². The molecule has 0 heterocycles. The van der Waals surface area contributed by atoms with E-state index in [4.69, 9.17) is 4.74 Å². The van der Waals surface area contributed by atoms with E-state index in [1.807, 2.05) is 6.92 Å². The summed E-state index contributed by atoms with van der Waals surface area (Å²) in [5.41, 5.74) is 15.6. The predicted octanol–water partition coefficient (Wildman–Crippen LogP) is 8.34. The number of allylic oxidation sites excluding steroid dienone is 1. The molecule has 0 spiro atoms. The van der Waals surface area contributed by atoms with Gasteiger partial charge in [-0.15, -0.1) is 6.58 Å². The summed E-state index contributed by atoms with van der Waals surface area (Å²) in [6.07, 6.45) is 12.4. The Morgan fingerprint density at radius 2 is 1.00 bits per heavy atom. The third-order valence-corrected chi connectivity index (χ3v) is 19.5. The molecule has 0 fully saturated rings. The molecular weight excluding hydrogens is 965 g/mol. The molecule has 0 aromatic heterocycles. The first-order valence-corrected chi connectivity index (χ1v) is 30.5. The van der Waals surface area contributed by atoms with Gasteiger partial charge in [0.15, 0.2) is 0 Å². The molecule has 71 heavy (non-hydrogen) atoms. The molecule has 0 saturated carbocycles. The van der Waals surface area contributed by atoms with Gasteiger partial charge in [0.1, 0.15) is 0 Å². The van der Waals surface area contributed by atoms with Crippen molar-refractivity contribution < 1.29 is 44.4 Å². The Hall–Kier alpha value is -4.98. The zero-order chi connectivity index (χ0) is 50.4. The topological polar surface area (TPSA) is 235 Å². The van der Waals surface area contributed by atoms with Crippen LogP contribution in [-0.2, 0) is 86.2 Å². The molecule has 6 N–H and O–H groups in total. The number of unbranched alkanes of at least 4 members (excludes halogenated alkanes) is 1. The van der Waals surface area contributed by atoms with E-state index in [1.54, 1.807) is 13.8 Å². The highest BCUT2D eigenvalue weighted by Crippen LogP contribution is 2.59. The number of nitrogens with one attached hydrogen (secondary N) is 6. The molecule has 6 aliphatic rings. The van der Waals surface area contributed by atoms with Gasteiger partial charge in [0.2, 0.25) is 30.1 Å². The number of sulfonamides is 3. The fourth-order valence-electron chi connectivity index (χ4n) is 12.8. The second-order valence-electron chi connectivity index (χ2n) is 20.5. The Morgan fingerprint density at radius 3 is 1.55 bits per heavy atom. The molecule has 0 aliphatic heterocycles. The normalized spacial score (nSPS) is 20.6. The third-order valence-electron chi connectivity index (χ3n) is 15.8. The summed E-state index contributed by atoms with van der Waals surface area (Å²) in [5, 5.41) is 9.13. The number of hydrogen-bond donors (Lipinski definition) is 6. The van der Waals surface area contributed by atoms with E-state index in [0.29, 0.717) is 54.9 Å². The fourth-order valence-corrected chi connectivity index (χ4v) is 15.7. The van der Waals surface area contributed by atoms with Gasteiger partial charge in [0, 0.05) is 23.7 Å². The lowest BCUT2D eigenvalue weighted by molar-refractivity contribution is 0.163. The van der Waals surface area contributed by atoms with Crippen molar-refractivity contribution in [1.82, 2.24) is 14.2 Å². The minimum atomic E-state index is -4.01. The van der Waals surface area contributed by atoms with Crippen LogP contribution in [0.5, 0.6) is 0 Å². The maximum Gasteiger partial charge on any atom is 0.332 e. The standard InChI is InChI=1S/C52H68N6O10S3/c1-5-7-24-69(62,63)56-51(60)54-48-36-13-8-10-31(36)27-33-14-16-39(45(33)48)38-19-21-42-44(38)29-34-15-17-40(46(34)49(42)55-52(61)57-70(64,65)25-22-30(3)4)37-18-20-41-43(37)28-32-11-9-12-35(32)47(41)53-50(59)58-71(66,67)26-23-68-6-2/h27-29,37-40H,3,5-26H2,1-2,4H3,(H2,53,58,59)(H2,54,56,60)(H2,55,57,61). The number of amides is 6. The van der Waals surface area contributed by atoms with Crippen molar-refractivity contribution in [2.45, 2.75) is 154 Å². The minimum absolute atomic E-state index is 0.00298. The van der Waals surface area contributed by atoms with Crippen LogP contribution in [0.3, 0.4) is 0 Å². The Balaban J connectivity index is 1.07. The smallest absolute Gasteiger partial charge is 0.332 e. The number of anilines is 3. The second-order valence-corrected chi connectivity index (χ2v) is 26.0. The number of ether oxygens (including phenoxy) is 1. The Morgan fingerprint density at radius 1 is 0.549 bits per heavy atom. The summed E-state index contributed by atoms with van der Waals surface area (Å²) in [6, 6.07) is 4.46. The number of carbonyl (C=O) groups is 3. The number of benzene rings is 3. The van der Waals surface area contributed by atoms with Crippen LogP contribution >= 0.6 is 0 Å². The van der Waals surface area contributed by atoms with Gasteiger partial charge in [0.05, 0.1) is 23.9 Å². The average molecular weight is 1030 g/mol. The van der Waals surface area contributed by atoms with Crippen LogP contribution in [0, 0.1) is 0 Å². The van der Waals surface area contributed by atoms with Crippen molar-refractivity contribution >= 4 is 65.2 Å². The van der Waals surface area contributed by atoms with Crippen molar-refractivity contribution in [2.75, 3.05) is 46.4 Å². The number of urea groups is 3. The molecule has 0 bridgehead atoms. The molecule has 0 radical (unpaired) electrons. The van der Waals surface area contributed by atoms with Gasteiger partial charge >= 0.3 is 18.1 Å². The molecule has 16 nitrogen and oxygen atoms in total. The van der Waals surface area contributed by atoms with Crippen LogP contribution in [0.2, 0.25) is 0 Å². The first-order chi connectivity index (χ1) is 33.9. The van der Waals surface area contributed by atoms with Crippen LogP contribution in [0.1, 0.15) is 169 Å². The van der Waals surface area contributed by atoms with Crippen LogP contribution in [0.15, 0.2) is 30.4 Å². The molecule has 3 aromatic carbocycles. The lowest BCUT2D eigenvalue weighted by Crippen LogP contribution is -2.37. The van der Waals surface area contributed by atoms with Gasteiger partial charge in [0.25, 0.3) is 0 Å². The minimum Gasteiger partial charge on any atom is -0.381 e. The second kappa shape index (κ2) is 20.5. The van der Waals surface area contributed by atoms with Crippen LogP contribution < -0.4 is 30.1 Å². The van der Waals surface area contributed by atoms with Crippen molar-refractivity contribution in [3.8, 4) is 0 Å². The molecule has 4 atom stereocenters. The van der Waals surface area contributed by atoms with E-state index in [2.05, 4.69) is 54.9 Å². The van der Waals surface area contributed by atoms with E-state index < -0.39 is 48.2 Å². The number of hydrogen-bond acceptors (Lipinski definition) is 10. The van der Waals surface area contributed by atoms with Gasteiger partial charge < -0.3 is 20.7 Å². The predicted molar refractivity (Wildman–Crippen MR) is 276 cm³/mol.